The zero-order chi connectivity index (χ0) is 13.1. The largest absolute Gasteiger partial charge is 0.339 e. The van der Waals surface area contributed by atoms with Crippen LogP contribution in [0.25, 0.3) is 0 Å². The molecule has 2 heterocycles. The first-order valence-electron chi connectivity index (χ1n) is 4.98. The number of hydrogen-bond donors (Lipinski definition) is 0. The van der Waals surface area contributed by atoms with Crippen LogP contribution < -0.4 is 4.90 Å². The predicted molar refractivity (Wildman–Crippen MR) is 72.8 cm³/mol. The Kier molecular flexibility index (Phi) is 3.87. The Morgan fingerprint density at radius 2 is 2.11 bits per heavy atom. The third-order valence-electron chi connectivity index (χ3n) is 2.20. The van der Waals surface area contributed by atoms with E-state index >= 15 is 0 Å². The number of rotatable bonds is 4. The van der Waals surface area contributed by atoms with Gasteiger partial charge in [-0.25, -0.2) is 9.97 Å². The van der Waals surface area contributed by atoms with Gasteiger partial charge in [0.1, 0.15) is 12.4 Å². The highest BCUT2D eigenvalue weighted by Crippen LogP contribution is 2.24. The molecule has 0 bridgehead atoms. The zero-order valence-corrected chi connectivity index (χ0v) is 11.8. The lowest BCUT2D eigenvalue weighted by Gasteiger charge is -2.14. The Morgan fingerprint density at radius 3 is 2.61 bits per heavy atom. The average Bonchev–Trinajstić information content (AvgIpc) is 2.75. The van der Waals surface area contributed by atoms with Crippen molar-refractivity contribution >= 4 is 38.9 Å². The molecule has 2 rings (SSSR count). The third-order valence-corrected chi connectivity index (χ3v) is 3.81. The van der Waals surface area contributed by atoms with Gasteiger partial charge in [0.05, 0.1) is 15.3 Å². The Bertz CT molecular complexity index is 557. The summed E-state index contributed by atoms with van der Waals surface area (Å²) in [6.45, 7) is 0.661. The molecule has 0 spiro atoms. The maximum absolute atomic E-state index is 10.5. The molecule has 0 aliphatic rings. The van der Waals surface area contributed by atoms with Crippen LogP contribution in [0.2, 0.25) is 0 Å². The molecule has 2 aromatic rings. The van der Waals surface area contributed by atoms with Crippen LogP contribution in [0.5, 0.6) is 0 Å². The van der Waals surface area contributed by atoms with Crippen molar-refractivity contribution in [3.05, 3.63) is 43.3 Å². The topological polar surface area (TPSA) is 72.2 Å². The Balaban J connectivity index is 2.09. The van der Waals surface area contributed by atoms with Crippen LogP contribution in [0.1, 0.15) is 4.88 Å². The molecule has 2 aromatic heterocycles. The molecule has 0 amide bonds. The molecular weight excluding hydrogens is 320 g/mol. The van der Waals surface area contributed by atoms with Crippen LogP contribution in [-0.2, 0) is 6.54 Å². The molecule has 94 valence electrons. The first-order chi connectivity index (χ1) is 8.56. The molecule has 0 saturated heterocycles. The number of hydrogen-bond acceptors (Lipinski definition) is 6. The summed E-state index contributed by atoms with van der Waals surface area (Å²) in [5.41, 5.74) is -0.106. The van der Waals surface area contributed by atoms with Gasteiger partial charge in [-0.15, -0.1) is 11.3 Å². The van der Waals surface area contributed by atoms with Crippen molar-refractivity contribution in [3.63, 3.8) is 0 Å². The predicted octanol–water partition coefficient (Wildman–Crippen LogP) is 2.85. The summed E-state index contributed by atoms with van der Waals surface area (Å²) >= 11 is 5.03. The molecular formula is C10H9BrN4O2S. The van der Waals surface area contributed by atoms with E-state index < -0.39 is 4.92 Å². The van der Waals surface area contributed by atoms with Crippen molar-refractivity contribution in [2.75, 3.05) is 11.9 Å². The number of nitrogens with zero attached hydrogens (tertiary/aromatic N) is 4. The molecule has 0 atom stereocenters. The number of anilines is 1. The van der Waals surface area contributed by atoms with E-state index in [0.717, 1.165) is 8.66 Å². The molecule has 0 radical (unpaired) electrons. The van der Waals surface area contributed by atoms with E-state index in [4.69, 9.17) is 0 Å². The van der Waals surface area contributed by atoms with Crippen molar-refractivity contribution in [1.82, 2.24) is 9.97 Å². The summed E-state index contributed by atoms with van der Waals surface area (Å²) in [7, 11) is 1.84. The van der Waals surface area contributed by atoms with Gasteiger partial charge in [-0.2, -0.15) is 0 Å². The van der Waals surface area contributed by atoms with E-state index in [1.807, 2.05) is 24.1 Å². The fourth-order valence-electron chi connectivity index (χ4n) is 1.35. The second kappa shape index (κ2) is 5.40. The Morgan fingerprint density at radius 1 is 1.44 bits per heavy atom. The minimum absolute atomic E-state index is 0.106. The standard InChI is InChI=1S/C10H9BrN4O2S/c1-14(6-8-2-3-9(11)18-8)10-12-4-7(5-13-10)15(16)17/h2-5H,6H2,1H3. The molecule has 0 aromatic carbocycles. The van der Waals surface area contributed by atoms with Gasteiger partial charge >= 0.3 is 5.69 Å². The van der Waals surface area contributed by atoms with Crippen molar-refractivity contribution in [3.8, 4) is 0 Å². The van der Waals surface area contributed by atoms with E-state index in [2.05, 4.69) is 25.9 Å². The molecule has 0 aliphatic heterocycles. The second-order valence-electron chi connectivity index (χ2n) is 3.56. The van der Waals surface area contributed by atoms with Crippen LogP contribution >= 0.6 is 27.3 Å². The fraction of sp³-hybridized carbons (Fsp3) is 0.200. The normalized spacial score (nSPS) is 10.3. The van der Waals surface area contributed by atoms with Gasteiger partial charge in [-0.05, 0) is 28.1 Å². The quantitative estimate of drug-likeness (QED) is 0.637. The summed E-state index contributed by atoms with van der Waals surface area (Å²) < 4.78 is 1.07. The summed E-state index contributed by atoms with van der Waals surface area (Å²) in [6, 6.07) is 3.99. The molecule has 0 aliphatic carbocycles. The molecule has 6 nitrogen and oxygen atoms in total. The Hall–Kier alpha value is -1.54. The first-order valence-corrected chi connectivity index (χ1v) is 6.59. The van der Waals surface area contributed by atoms with Crippen molar-refractivity contribution < 1.29 is 4.92 Å². The van der Waals surface area contributed by atoms with E-state index in [9.17, 15) is 10.1 Å². The number of aromatic nitrogens is 2. The molecule has 0 unspecified atom stereocenters. The van der Waals surface area contributed by atoms with Crippen molar-refractivity contribution in [1.29, 1.82) is 0 Å². The van der Waals surface area contributed by atoms with E-state index in [1.54, 1.807) is 11.3 Å². The highest BCUT2D eigenvalue weighted by atomic mass is 79.9. The molecule has 0 N–H and O–H groups in total. The SMILES string of the molecule is CN(Cc1ccc(Br)s1)c1ncc([N+](=O)[O-])cn1. The van der Waals surface area contributed by atoms with E-state index in [1.165, 1.54) is 12.4 Å². The highest BCUT2D eigenvalue weighted by molar-refractivity contribution is 9.11. The molecule has 18 heavy (non-hydrogen) atoms. The second-order valence-corrected chi connectivity index (χ2v) is 6.11. The van der Waals surface area contributed by atoms with Gasteiger partial charge in [0, 0.05) is 11.9 Å². The molecule has 0 fully saturated rings. The lowest BCUT2D eigenvalue weighted by atomic mass is 10.4. The number of nitro groups is 1. The van der Waals surface area contributed by atoms with E-state index in [0.29, 0.717) is 12.5 Å². The lowest BCUT2D eigenvalue weighted by Crippen LogP contribution is -2.18. The van der Waals surface area contributed by atoms with Gasteiger partial charge in [-0.1, -0.05) is 0 Å². The average molecular weight is 329 g/mol. The van der Waals surface area contributed by atoms with Crippen LogP contribution in [0, 0.1) is 10.1 Å². The maximum atomic E-state index is 10.5. The third kappa shape index (κ3) is 3.02. The van der Waals surface area contributed by atoms with Crippen LogP contribution in [-0.4, -0.2) is 21.9 Å². The fourth-order valence-corrected chi connectivity index (χ4v) is 2.88. The van der Waals surface area contributed by atoms with Gasteiger partial charge in [0.2, 0.25) is 5.95 Å². The maximum Gasteiger partial charge on any atom is 0.305 e. The molecule has 8 heteroatoms. The van der Waals surface area contributed by atoms with Crippen molar-refractivity contribution in [2.24, 2.45) is 0 Å². The summed E-state index contributed by atoms with van der Waals surface area (Å²) in [6.07, 6.45) is 2.42. The summed E-state index contributed by atoms with van der Waals surface area (Å²) in [5.74, 6) is 0.463. The minimum atomic E-state index is -0.514. The summed E-state index contributed by atoms with van der Waals surface area (Å²) in [5, 5.41) is 10.5. The minimum Gasteiger partial charge on any atom is -0.339 e. The summed E-state index contributed by atoms with van der Waals surface area (Å²) in [4.78, 5) is 20.9. The number of halogens is 1. The van der Waals surface area contributed by atoms with Gasteiger partial charge in [0.25, 0.3) is 0 Å². The number of thiophene rings is 1. The lowest BCUT2D eigenvalue weighted by molar-refractivity contribution is -0.385. The first kappa shape index (κ1) is 12.9. The zero-order valence-electron chi connectivity index (χ0n) is 9.41. The van der Waals surface area contributed by atoms with Gasteiger partial charge in [0.15, 0.2) is 0 Å². The van der Waals surface area contributed by atoms with Crippen molar-refractivity contribution in [2.45, 2.75) is 6.54 Å². The molecule has 0 saturated carbocycles. The van der Waals surface area contributed by atoms with Crippen LogP contribution in [0.3, 0.4) is 0 Å². The van der Waals surface area contributed by atoms with E-state index in [-0.39, 0.29) is 5.69 Å². The smallest absolute Gasteiger partial charge is 0.305 e. The van der Waals surface area contributed by atoms with Gasteiger partial charge < -0.3 is 4.90 Å². The highest BCUT2D eigenvalue weighted by Gasteiger charge is 2.10. The van der Waals surface area contributed by atoms with Gasteiger partial charge in [-0.3, -0.25) is 10.1 Å². The monoisotopic (exact) mass is 328 g/mol. The Labute approximate surface area is 116 Å². The van der Waals surface area contributed by atoms with Crippen LogP contribution in [0.4, 0.5) is 11.6 Å². The van der Waals surface area contributed by atoms with Crippen LogP contribution in [0.15, 0.2) is 28.3 Å².